The zero-order valence-electron chi connectivity index (χ0n) is 21.7. The highest BCUT2D eigenvalue weighted by Crippen LogP contribution is 2.30. The number of hydrogen-bond acceptors (Lipinski definition) is 5. The summed E-state index contributed by atoms with van der Waals surface area (Å²) >= 11 is 6.17. The smallest absolute Gasteiger partial charge is 0.244 e. The third-order valence-corrected chi connectivity index (χ3v) is 7.84. The number of anilines is 1. The van der Waals surface area contributed by atoms with Crippen LogP contribution in [-0.2, 0) is 26.2 Å². The quantitative estimate of drug-likeness (QED) is 0.449. The maximum Gasteiger partial charge on any atom is 0.244 e. The molecule has 0 aromatic heterocycles. The van der Waals surface area contributed by atoms with Gasteiger partial charge in [-0.2, -0.15) is 0 Å². The Hall–Kier alpha value is -2.78. The fourth-order valence-corrected chi connectivity index (χ4v) is 5.58. The Labute approximate surface area is 225 Å². The average Bonchev–Trinajstić information content (AvgIpc) is 2.86. The molecule has 3 rings (SSSR count). The number of nitrogens with one attached hydrogen (secondary N) is 1. The fraction of sp³-hybridized carbons (Fsp3) is 0.481. The Kier molecular flexibility index (Phi) is 10.2. The molecule has 37 heavy (non-hydrogen) atoms. The number of carbonyl (C=O) groups is 2. The van der Waals surface area contributed by atoms with Crippen molar-refractivity contribution in [3.05, 3.63) is 59.1 Å². The molecule has 2 amide bonds. The maximum absolute atomic E-state index is 13.7. The summed E-state index contributed by atoms with van der Waals surface area (Å²) in [5, 5.41) is 3.59. The molecule has 0 saturated heterocycles. The molecule has 1 unspecified atom stereocenters. The predicted molar refractivity (Wildman–Crippen MR) is 146 cm³/mol. The van der Waals surface area contributed by atoms with Gasteiger partial charge in [-0.15, -0.1) is 0 Å². The highest BCUT2D eigenvalue weighted by molar-refractivity contribution is 7.92. The van der Waals surface area contributed by atoms with Gasteiger partial charge in [0.15, 0.2) is 0 Å². The van der Waals surface area contributed by atoms with Crippen LogP contribution in [0.15, 0.2) is 48.5 Å². The van der Waals surface area contributed by atoms with E-state index in [1.165, 1.54) is 4.90 Å². The van der Waals surface area contributed by atoms with E-state index in [0.29, 0.717) is 17.4 Å². The Bertz CT molecular complexity index is 1180. The topological polar surface area (TPSA) is 96.0 Å². The molecule has 0 bridgehead atoms. The van der Waals surface area contributed by atoms with Crippen molar-refractivity contribution in [3.63, 3.8) is 0 Å². The number of sulfonamides is 1. The number of para-hydroxylation sites is 2. The third-order valence-electron chi connectivity index (χ3n) is 6.47. The predicted octanol–water partition coefficient (Wildman–Crippen LogP) is 4.37. The molecule has 1 N–H and O–H groups in total. The highest BCUT2D eigenvalue weighted by Gasteiger charge is 2.32. The second-order valence-electron chi connectivity index (χ2n) is 9.34. The lowest BCUT2D eigenvalue weighted by atomic mass is 9.95. The van der Waals surface area contributed by atoms with Crippen LogP contribution >= 0.6 is 11.6 Å². The number of halogens is 1. The van der Waals surface area contributed by atoms with Gasteiger partial charge < -0.3 is 15.0 Å². The third kappa shape index (κ3) is 8.10. The number of carbonyl (C=O) groups excluding carboxylic acids is 2. The van der Waals surface area contributed by atoms with Crippen LogP contribution in [0.1, 0.15) is 51.5 Å². The van der Waals surface area contributed by atoms with Gasteiger partial charge in [-0.25, -0.2) is 8.42 Å². The maximum atomic E-state index is 13.7. The molecule has 1 saturated carbocycles. The molecule has 1 atom stereocenters. The molecule has 0 heterocycles. The lowest BCUT2D eigenvalue weighted by Crippen LogP contribution is -2.53. The minimum absolute atomic E-state index is 0.0809. The average molecular weight is 550 g/mol. The van der Waals surface area contributed by atoms with E-state index in [1.807, 2.05) is 6.07 Å². The van der Waals surface area contributed by atoms with Crippen molar-refractivity contribution < 1.29 is 22.7 Å². The van der Waals surface area contributed by atoms with E-state index in [9.17, 15) is 18.0 Å². The van der Waals surface area contributed by atoms with Crippen LogP contribution < -0.4 is 14.4 Å². The molecule has 1 aliphatic carbocycles. The molecule has 202 valence electrons. The lowest BCUT2D eigenvalue weighted by Gasteiger charge is -2.33. The first kappa shape index (κ1) is 28.8. The number of amides is 2. The summed E-state index contributed by atoms with van der Waals surface area (Å²) in [5.41, 5.74) is 1.00. The normalized spacial score (nSPS) is 15.0. The SMILES string of the molecule is CCOc1ccccc1N(CC(=O)N(Cc1cccc(Cl)c1)C(C)C(=O)NC1CCCCC1)S(C)(=O)=O. The van der Waals surface area contributed by atoms with Gasteiger partial charge in [-0.05, 0) is 56.5 Å². The van der Waals surface area contributed by atoms with E-state index < -0.39 is 28.5 Å². The number of nitrogens with zero attached hydrogens (tertiary/aromatic N) is 2. The number of benzene rings is 2. The van der Waals surface area contributed by atoms with Crippen molar-refractivity contribution in [2.45, 2.75) is 64.6 Å². The second kappa shape index (κ2) is 13.1. The Morgan fingerprint density at radius 2 is 1.81 bits per heavy atom. The minimum atomic E-state index is -3.85. The Morgan fingerprint density at radius 3 is 2.46 bits per heavy atom. The van der Waals surface area contributed by atoms with E-state index in [0.717, 1.165) is 48.2 Å². The van der Waals surface area contributed by atoms with Crippen LogP contribution in [0.4, 0.5) is 5.69 Å². The molecule has 0 spiro atoms. The van der Waals surface area contributed by atoms with Gasteiger partial charge in [0, 0.05) is 17.6 Å². The van der Waals surface area contributed by atoms with Gasteiger partial charge >= 0.3 is 0 Å². The van der Waals surface area contributed by atoms with Crippen molar-refractivity contribution in [1.29, 1.82) is 0 Å². The summed E-state index contributed by atoms with van der Waals surface area (Å²) in [4.78, 5) is 28.4. The summed E-state index contributed by atoms with van der Waals surface area (Å²) < 4.78 is 32.3. The molecule has 0 radical (unpaired) electrons. The Morgan fingerprint density at radius 1 is 1.11 bits per heavy atom. The van der Waals surface area contributed by atoms with Crippen molar-refractivity contribution >= 4 is 39.1 Å². The minimum Gasteiger partial charge on any atom is -0.492 e. The summed E-state index contributed by atoms with van der Waals surface area (Å²) in [5.74, 6) is -0.418. The zero-order chi connectivity index (χ0) is 27.0. The van der Waals surface area contributed by atoms with Crippen LogP contribution in [0.5, 0.6) is 5.75 Å². The first-order valence-electron chi connectivity index (χ1n) is 12.6. The molecule has 10 heteroatoms. The van der Waals surface area contributed by atoms with Crippen molar-refractivity contribution in [3.8, 4) is 5.75 Å². The van der Waals surface area contributed by atoms with Gasteiger partial charge in [0.25, 0.3) is 0 Å². The van der Waals surface area contributed by atoms with Crippen molar-refractivity contribution in [2.24, 2.45) is 0 Å². The fourth-order valence-electron chi connectivity index (χ4n) is 4.52. The monoisotopic (exact) mass is 549 g/mol. The van der Waals surface area contributed by atoms with Gasteiger partial charge in [-0.1, -0.05) is 55.1 Å². The molecule has 2 aromatic carbocycles. The van der Waals surface area contributed by atoms with Crippen molar-refractivity contribution in [1.82, 2.24) is 10.2 Å². The molecule has 0 aliphatic heterocycles. The van der Waals surface area contributed by atoms with Gasteiger partial charge in [0.2, 0.25) is 21.8 Å². The standard InChI is InChI=1S/C27H36ClN3O5S/c1-4-36-25-16-9-8-15-24(25)31(37(3,34)35)19-26(32)30(18-21-11-10-12-22(28)17-21)20(2)27(33)29-23-13-6-5-7-14-23/h8-12,15-17,20,23H,4-7,13-14,18-19H2,1-3H3,(H,29,33). The van der Waals surface area contributed by atoms with E-state index in [-0.39, 0.29) is 24.2 Å². The van der Waals surface area contributed by atoms with Crippen molar-refractivity contribution in [2.75, 3.05) is 23.7 Å². The summed E-state index contributed by atoms with van der Waals surface area (Å²) in [7, 11) is -3.85. The molecule has 8 nitrogen and oxygen atoms in total. The van der Waals surface area contributed by atoms with Crippen LogP contribution in [-0.4, -0.2) is 56.6 Å². The van der Waals surface area contributed by atoms with Gasteiger partial charge in [0.05, 0.1) is 18.6 Å². The van der Waals surface area contributed by atoms with Crippen LogP contribution in [0.2, 0.25) is 5.02 Å². The van der Waals surface area contributed by atoms with Gasteiger partial charge in [-0.3, -0.25) is 13.9 Å². The van der Waals surface area contributed by atoms with E-state index >= 15 is 0 Å². The highest BCUT2D eigenvalue weighted by atomic mass is 35.5. The van der Waals surface area contributed by atoms with Gasteiger partial charge in [0.1, 0.15) is 18.3 Å². The zero-order valence-corrected chi connectivity index (χ0v) is 23.2. The lowest BCUT2D eigenvalue weighted by molar-refractivity contribution is -0.139. The summed E-state index contributed by atoms with van der Waals surface area (Å²) in [6, 6.07) is 13.0. The van der Waals surface area contributed by atoms with E-state index in [2.05, 4.69) is 5.32 Å². The molecular formula is C27H36ClN3O5S. The summed E-state index contributed by atoms with van der Waals surface area (Å²) in [6.07, 6.45) is 6.16. The first-order valence-corrected chi connectivity index (χ1v) is 14.9. The number of ether oxygens (including phenoxy) is 1. The van der Waals surface area contributed by atoms with E-state index in [1.54, 1.807) is 56.3 Å². The van der Waals surface area contributed by atoms with Crippen LogP contribution in [0.3, 0.4) is 0 Å². The van der Waals surface area contributed by atoms with Crippen LogP contribution in [0.25, 0.3) is 0 Å². The largest absolute Gasteiger partial charge is 0.492 e. The van der Waals surface area contributed by atoms with E-state index in [4.69, 9.17) is 16.3 Å². The number of rotatable bonds is 11. The molecular weight excluding hydrogens is 514 g/mol. The Balaban J connectivity index is 1.90. The molecule has 2 aromatic rings. The van der Waals surface area contributed by atoms with Crippen LogP contribution in [0, 0.1) is 0 Å². The molecule has 1 fully saturated rings. The first-order chi connectivity index (χ1) is 17.6. The second-order valence-corrected chi connectivity index (χ2v) is 11.7. The number of hydrogen-bond donors (Lipinski definition) is 1. The summed E-state index contributed by atoms with van der Waals surface area (Å²) in [6.45, 7) is 3.42. The molecule has 1 aliphatic rings.